The number of hydrogen-bond acceptors (Lipinski definition) is 2. The van der Waals surface area contributed by atoms with E-state index in [1.54, 1.807) is 0 Å². The van der Waals surface area contributed by atoms with Crippen molar-refractivity contribution >= 4 is 5.71 Å². The molecule has 0 bridgehead atoms. The Bertz CT molecular complexity index is 538. The molecular weight excluding hydrogens is 246 g/mol. The number of hydrogen-bond donors (Lipinski definition) is 0. The molecule has 2 rings (SSSR count). The Morgan fingerprint density at radius 1 is 1.25 bits per heavy atom. The molecule has 0 aromatic heterocycles. The standard InChI is InChI=1S/C18H23NO/c1-5-6-7-14-8-10-15(11-9-14)17-12-16(20-19-17)13-18(2,3)4/h8-11,16H,5,12-13H2,1-4H3. The van der Waals surface area contributed by atoms with Crippen LogP contribution in [0.25, 0.3) is 0 Å². The summed E-state index contributed by atoms with van der Waals surface area (Å²) < 4.78 is 0. The van der Waals surface area contributed by atoms with Gasteiger partial charge in [-0.15, -0.1) is 0 Å². The first-order chi connectivity index (χ1) is 9.48. The lowest BCUT2D eigenvalue weighted by molar-refractivity contribution is 0.0540. The van der Waals surface area contributed by atoms with Crippen molar-refractivity contribution in [2.45, 2.75) is 53.1 Å². The minimum absolute atomic E-state index is 0.213. The summed E-state index contributed by atoms with van der Waals surface area (Å²) in [4.78, 5) is 5.55. The summed E-state index contributed by atoms with van der Waals surface area (Å²) in [6.07, 6.45) is 3.03. The van der Waals surface area contributed by atoms with Crippen molar-refractivity contribution in [2.75, 3.05) is 0 Å². The first kappa shape index (κ1) is 14.7. The van der Waals surface area contributed by atoms with Crippen LogP contribution in [0.4, 0.5) is 0 Å². The van der Waals surface area contributed by atoms with Crippen LogP contribution in [0.3, 0.4) is 0 Å². The van der Waals surface area contributed by atoms with Gasteiger partial charge >= 0.3 is 0 Å². The average Bonchev–Trinajstić information content (AvgIpc) is 2.83. The van der Waals surface area contributed by atoms with Crippen LogP contribution in [0, 0.1) is 17.3 Å². The van der Waals surface area contributed by atoms with E-state index in [0.29, 0.717) is 0 Å². The Kier molecular flexibility index (Phi) is 4.49. The van der Waals surface area contributed by atoms with E-state index in [-0.39, 0.29) is 11.5 Å². The molecule has 0 saturated heterocycles. The maximum atomic E-state index is 5.55. The molecule has 1 aliphatic rings. The lowest BCUT2D eigenvalue weighted by atomic mass is 9.87. The van der Waals surface area contributed by atoms with E-state index >= 15 is 0 Å². The van der Waals surface area contributed by atoms with Crippen LogP contribution in [0.15, 0.2) is 29.4 Å². The van der Waals surface area contributed by atoms with E-state index in [1.807, 2.05) is 0 Å². The van der Waals surface area contributed by atoms with Crippen molar-refractivity contribution in [3.8, 4) is 11.8 Å². The summed E-state index contributed by atoms with van der Waals surface area (Å²) in [7, 11) is 0. The van der Waals surface area contributed by atoms with E-state index in [9.17, 15) is 0 Å². The number of nitrogens with zero attached hydrogens (tertiary/aromatic N) is 1. The topological polar surface area (TPSA) is 21.6 Å². The highest BCUT2D eigenvalue weighted by Gasteiger charge is 2.26. The maximum Gasteiger partial charge on any atom is 0.133 e. The van der Waals surface area contributed by atoms with Crippen LogP contribution < -0.4 is 0 Å². The van der Waals surface area contributed by atoms with Crippen LogP contribution in [-0.4, -0.2) is 11.8 Å². The van der Waals surface area contributed by atoms with Crippen LogP contribution in [-0.2, 0) is 4.84 Å². The summed E-state index contributed by atoms with van der Waals surface area (Å²) in [5.74, 6) is 6.21. The van der Waals surface area contributed by atoms with Crippen LogP contribution in [0.2, 0.25) is 0 Å². The van der Waals surface area contributed by atoms with Crippen molar-refractivity contribution < 1.29 is 4.84 Å². The molecule has 1 heterocycles. The van der Waals surface area contributed by atoms with Gasteiger partial charge in [0.05, 0.1) is 5.71 Å². The smallest absolute Gasteiger partial charge is 0.133 e. The zero-order valence-corrected chi connectivity index (χ0v) is 12.9. The van der Waals surface area contributed by atoms with Gasteiger partial charge in [0.25, 0.3) is 0 Å². The summed E-state index contributed by atoms with van der Waals surface area (Å²) in [6, 6.07) is 8.28. The van der Waals surface area contributed by atoms with Crippen molar-refractivity contribution in [3.05, 3.63) is 35.4 Å². The third kappa shape index (κ3) is 4.13. The molecule has 0 amide bonds. The second-order valence-electron chi connectivity index (χ2n) is 6.47. The van der Waals surface area contributed by atoms with E-state index in [4.69, 9.17) is 4.84 Å². The third-order valence-corrected chi connectivity index (χ3v) is 3.20. The molecule has 0 aliphatic carbocycles. The molecule has 20 heavy (non-hydrogen) atoms. The minimum atomic E-state index is 0.213. The number of oxime groups is 1. The normalized spacial score (nSPS) is 18.0. The molecule has 0 spiro atoms. The fourth-order valence-electron chi connectivity index (χ4n) is 2.33. The van der Waals surface area contributed by atoms with Gasteiger partial charge in [0.1, 0.15) is 6.10 Å². The summed E-state index contributed by atoms with van der Waals surface area (Å²) in [5.41, 5.74) is 3.52. The van der Waals surface area contributed by atoms with E-state index in [0.717, 1.165) is 36.1 Å². The van der Waals surface area contributed by atoms with Crippen LogP contribution in [0.5, 0.6) is 0 Å². The van der Waals surface area contributed by atoms with Crippen LogP contribution in [0.1, 0.15) is 58.1 Å². The molecule has 0 fully saturated rings. The van der Waals surface area contributed by atoms with Crippen LogP contribution >= 0.6 is 0 Å². The summed E-state index contributed by atoms with van der Waals surface area (Å²) in [6.45, 7) is 8.75. The Labute approximate surface area is 122 Å². The molecule has 1 aromatic carbocycles. The molecule has 1 aromatic rings. The van der Waals surface area contributed by atoms with E-state index in [2.05, 4.69) is 69.0 Å². The van der Waals surface area contributed by atoms with Gasteiger partial charge in [0, 0.05) is 18.4 Å². The lowest BCUT2D eigenvalue weighted by Gasteiger charge is -2.21. The second kappa shape index (κ2) is 6.13. The molecule has 1 atom stereocenters. The Hall–Kier alpha value is -1.75. The average molecular weight is 269 g/mol. The van der Waals surface area contributed by atoms with Gasteiger partial charge in [0.15, 0.2) is 0 Å². The van der Waals surface area contributed by atoms with Gasteiger partial charge in [-0.3, -0.25) is 0 Å². The molecule has 0 radical (unpaired) electrons. The predicted octanol–water partition coefficient (Wildman–Crippen LogP) is 4.38. The highest BCUT2D eigenvalue weighted by molar-refractivity contribution is 6.01. The highest BCUT2D eigenvalue weighted by Crippen LogP contribution is 2.28. The second-order valence-corrected chi connectivity index (χ2v) is 6.47. The number of rotatable bonds is 2. The zero-order chi connectivity index (χ0) is 14.6. The van der Waals surface area contributed by atoms with Gasteiger partial charge in [-0.1, -0.05) is 56.8 Å². The summed E-state index contributed by atoms with van der Waals surface area (Å²) in [5, 5.41) is 4.24. The van der Waals surface area contributed by atoms with Gasteiger partial charge in [0.2, 0.25) is 0 Å². The van der Waals surface area contributed by atoms with Gasteiger partial charge in [-0.25, -0.2) is 0 Å². The monoisotopic (exact) mass is 269 g/mol. The zero-order valence-electron chi connectivity index (χ0n) is 12.9. The van der Waals surface area contributed by atoms with Crippen molar-refractivity contribution in [1.29, 1.82) is 0 Å². The maximum absolute atomic E-state index is 5.55. The van der Waals surface area contributed by atoms with Crippen molar-refractivity contribution in [2.24, 2.45) is 10.6 Å². The number of benzene rings is 1. The third-order valence-electron chi connectivity index (χ3n) is 3.20. The van der Waals surface area contributed by atoms with Crippen molar-refractivity contribution in [1.82, 2.24) is 0 Å². The molecule has 0 saturated carbocycles. The SMILES string of the molecule is CCC#Cc1ccc(C2=NOC(CC(C)(C)C)C2)cc1. The highest BCUT2D eigenvalue weighted by atomic mass is 16.6. The first-order valence-electron chi connectivity index (χ1n) is 7.30. The summed E-state index contributed by atoms with van der Waals surface area (Å²) >= 11 is 0. The Morgan fingerprint density at radius 2 is 1.95 bits per heavy atom. The van der Waals surface area contributed by atoms with Gasteiger partial charge < -0.3 is 4.84 Å². The molecule has 1 unspecified atom stereocenters. The van der Waals surface area contributed by atoms with Gasteiger partial charge in [-0.2, -0.15) is 0 Å². The quantitative estimate of drug-likeness (QED) is 0.730. The molecule has 106 valence electrons. The predicted molar refractivity (Wildman–Crippen MR) is 83.7 cm³/mol. The fraction of sp³-hybridized carbons (Fsp3) is 0.500. The molecule has 2 nitrogen and oxygen atoms in total. The van der Waals surface area contributed by atoms with E-state index < -0.39 is 0 Å². The Morgan fingerprint density at radius 3 is 2.55 bits per heavy atom. The Balaban J connectivity index is 2.00. The lowest BCUT2D eigenvalue weighted by Crippen LogP contribution is -2.18. The molecular formula is C18H23NO. The minimum Gasteiger partial charge on any atom is -0.392 e. The van der Waals surface area contributed by atoms with E-state index in [1.165, 1.54) is 0 Å². The van der Waals surface area contributed by atoms with Crippen molar-refractivity contribution in [3.63, 3.8) is 0 Å². The molecule has 1 aliphatic heterocycles. The largest absolute Gasteiger partial charge is 0.392 e. The molecule has 0 N–H and O–H groups in total. The fourth-order valence-corrected chi connectivity index (χ4v) is 2.33. The van der Waals surface area contributed by atoms with Gasteiger partial charge in [-0.05, 0) is 29.5 Å². The first-order valence-corrected chi connectivity index (χ1v) is 7.30. The molecule has 2 heteroatoms.